The third kappa shape index (κ3) is 2.69. The average Bonchev–Trinajstić information content (AvgIpc) is 3.07. The Hall–Kier alpha value is -0.810. The highest BCUT2D eigenvalue weighted by Crippen LogP contribution is 2.54. The summed E-state index contributed by atoms with van der Waals surface area (Å²) in [6, 6.07) is 0.635. The van der Waals surface area contributed by atoms with Crippen LogP contribution in [0.5, 0.6) is 0 Å². The summed E-state index contributed by atoms with van der Waals surface area (Å²) in [4.78, 5) is 15.5. The van der Waals surface area contributed by atoms with Gasteiger partial charge in [0.2, 0.25) is 0 Å². The molecular weight excluding hydrogens is 358 g/mol. The van der Waals surface area contributed by atoms with Gasteiger partial charge in [-0.3, -0.25) is 0 Å². The fourth-order valence-corrected chi connectivity index (χ4v) is 7.80. The highest BCUT2D eigenvalue weighted by Gasteiger charge is 2.50. The van der Waals surface area contributed by atoms with Gasteiger partial charge in [-0.2, -0.15) is 0 Å². The minimum Gasteiger partial charge on any atom is -0.352 e. The molecule has 26 heavy (non-hydrogen) atoms. The Labute approximate surface area is 165 Å². The zero-order valence-electron chi connectivity index (χ0n) is 16.4. The Morgan fingerprint density at radius 1 is 1.12 bits per heavy atom. The molecule has 0 aromatic carbocycles. The summed E-state index contributed by atoms with van der Waals surface area (Å²) in [5.41, 5.74) is 2.44. The molecule has 0 amide bonds. The van der Waals surface area contributed by atoms with Gasteiger partial charge in [0.05, 0.1) is 5.39 Å². The molecule has 2 aromatic heterocycles. The SMILES string of the molecule is CSc1nc(N2CC3(C)CC2CC(C)(C)C3)c2c3c(sc2n1)CCCC3. The molecule has 5 heteroatoms. The Kier molecular flexibility index (Phi) is 3.89. The fraction of sp³-hybridized carbons (Fsp3) is 0.714. The van der Waals surface area contributed by atoms with Crippen LogP contribution < -0.4 is 4.90 Å². The van der Waals surface area contributed by atoms with Gasteiger partial charge < -0.3 is 4.90 Å². The topological polar surface area (TPSA) is 29.0 Å². The lowest BCUT2D eigenvalue weighted by Crippen LogP contribution is -2.35. The van der Waals surface area contributed by atoms with Gasteiger partial charge in [-0.05, 0) is 67.6 Å². The third-order valence-electron chi connectivity index (χ3n) is 6.64. The van der Waals surface area contributed by atoms with Crippen LogP contribution in [0.15, 0.2) is 5.16 Å². The molecule has 2 bridgehead atoms. The van der Waals surface area contributed by atoms with Gasteiger partial charge >= 0.3 is 0 Å². The first-order valence-corrected chi connectivity index (χ1v) is 12.0. The number of nitrogens with zero attached hydrogens (tertiary/aromatic N) is 3. The summed E-state index contributed by atoms with van der Waals surface area (Å²) in [6.45, 7) is 8.57. The number of hydrogen-bond acceptors (Lipinski definition) is 5. The van der Waals surface area contributed by atoms with Crippen molar-refractivity contribution in [3.63, 3.8) is 0 Å². The first kappa shape index (κ1) is 17.3. The van der Waals surface area contributed by atoms with E-state index in [1.165, 1.54) is 61.0 Å². The van der Waals surface area contributed by atoms with Crippen LogP contribution in [-0.4, -0.2) is 28.8 Å². The zero-order chi connectivity index (χ0) is 18.1. The second kappa shape index (κ2) is 5.84. The van der Waals surface area contributed by atoms with E-state index < -0.39 is 0 Å². The van der Waals surface area contributed by atoms with E-state index >= 15 is 0 Å². The summed E-state index contributed by atoms with van der Waals surface area (Å²) in [7, 11) is 0. The van der Waals surface area contributed by atoms with Crippen LogP contribution in [0.3, 0.4) is 0 Å². The van der Waals surface area contributed by atoms with E-state index in [9.17, 15) is 0 Å². The monoisotopic (exact) mass is 387 g/mol. The number of hydrogen-bond donors (Lipinski definition) is 0. The van der Waals surface area contributed by atoms with Crippen LogP contribution in [0, 0.1) is 10.8 Å². The second-order valence-corrected chi connectivity index (χ2v) is 11.6. The number of thioether (sulfide) groups is 1. The van der Waals surface area contributed by atoms with Crippen molar-refractivity contribution in [3.8, 4) is 0 Å². The fourth-order valence-electron chi connectivity index (χ4n) is 6.13. The first-order chi connectivity index (χ1) is 12.4. The lowest BCUT2D eigenvalue weighted by atomic mass is 9.65. The van der Waals surface area contributed by atoms with Crippen LogP contribution in [0.25, 0.3) is 10.2 Å². The molecule has 2 atom stereocenters. The molecule has 3 nitrogen and oxygen atoms in total. The minimum atomic E-state index is 0.430. The number of aryl methyl sites for hydroxylation is 2. The molecule has 1 saturated heterocycles. The normalized spacial score (nSPS) is 30.0. The van der Waals surface area contributed by atoms with Crippen molar-refractivity contribution in [2.24, 2.45) is 10.8 Å². The molecule has 2 aliphatic carbocycles. The molecule has 0 N–H and O–H groups in total. The quantitative estimate of drug-likeness (QED) is 0.488. The summed E-state index contributed by atoms with van der Waals surface area (Å²) >= 11 is 3.62. The van der Waals surface area contributed by atoms with Crippen molar-refractivity contribution in [3.05, 3.63) is 10.4 Å². The van der Waals surface area contributed by atoms with E-state index in [0.29, 0.717) is 16.9 Å². The predicted octanol–water partition coefficient (Wildman–Crippen LogP) is 5.70. The van der Waals surface area contributed by atoms with Gasteiger partial charge in [0.15, 0.2) is 5.16 Å². The Morgan fingerprint density at radius 3 is 2.73 bits per heavy atom. The summed E-state index contributed by atoms with van der Waals surface area (Å²) in [5, 5.41) is 2.34. The highest BCUT2D eigenvalue weighted by molar-refractivity contribution is 7.98. The minimum absolute atomic E-state index is 0.430. The zero-order valence-corrected chi connectivity index (χ0v) is 18.0. The molecule has 1 aliphatic heterocycles. The van der Waals surface area contributed by atoms with E-state index in [1.807, 2.05) is 11.3 Å². The highest BCUT2D eigenvalue weighted by atomic mass is 32.2. The smallest absolute Gasteiger partial charge is 0.190 e. The Morgan fingerprint density at radius 2 is 1.92 bits per heavy atom. The molecule has 0 radical (unpaired) electrons. The number of aromatic nitrogens is 2. The van der Waals surface area contributed by atoms with E-state index in [4.69, 9.17) is 9.97 Å². The largest absolute Gasteiger partial charge is 0.352 e. The standard InChI is InChI=1S/C21H29N3S2/c1-20(2)9-13-10-21(3,11-20)12-24(13)17-16-14-7-5-6-8-15(14)26-18(16)23-19(22-17)25-4/h13H,5-12H2,1-4H3. The van der Waals surface area contributed by atoms with Crippen LogP contribution in [0.2, 0.25) is 0 Å². The second-order valence-electron chi connectivity index (χ2n) is 9.77. The van der Waals surface area contributed by atoms with E-state index in [2.05, 4.69) is 31.9 Å². The molecule has 140 valence electrons. The molecule has 2 fully saturated rings. The van der Waals surface area contributed by atoms with Gasteiger partial charge in [0, 0.05) is 17.5 Å². The maximum absolute atomic E-state index is 5.11. The van der Waals surface area contributed by atoms with Crippen molar-refractivity contribution in [1.29, 1.82) is 0 Å². The summed E-state index contributed by atoms with van der Waals surface area (Å²) < 4.78 is 0. The average molecular weight is 388 g/mol. The molecule has 0 spiro atoms. The van der Waals surface area contributed by atoms with Crippen LogP contribution in [-0.2, 0) is 12.8 Å². The van der Waals surface area contributed by atoms with Crippen molar-refractivity contribution >= 4 is 39.1 Å². The van der Waals surface area contributed by atoms with Crippen molar-refractivity contribution in [2.75, 3.05) is 17.7 Å². The van der Waals surface area contributed by atoms with E-state index in [1.54, 1.807) is 22.2 Å². The molecule has 1 saturated carbocycles. The van der Waals surface area contributed by atoms with Crippen molar-refractivity contribution < 1.29 is 0 Å². The molecule has 3 aliphatic rings. The molecule has 3 heterocycles. The maximum atomic E-state index is 5.11. The van der Waals surface area contributed by atoms with Gasteiger partial charge in [-0.15, -0.1) is 11.3 Å². The molecule has 5 rings (SSSR count). The number of anilines is 1. The summed E-state index contributed by atoms with van der Waals surface area (Å²) in [6.07, 6.45) is 11.1. The Bertz CT molecular complexity index is 872. The third-order valence-corrected chi connectivity index (χ3v) is 8.38. The van der Waals surface area contributed by atoms with Gasteiger partial charge in [0.25, 0.3) is 0 Å². The number of rotatable bonds is 2. The van der Waals surface area contributed by atoms with Crippen molar-refractivity contribution in [1.82, 2.24) is 9.97 Å². The van der Waals surface area contributed by atoms with Crippen LogP contribution >= 0.6 is 23.1 Å². The van der Waals surface area contributed by atoms with Gasteiger partial charge in [0.1, 0.15) is 10.6 Å². The van der Waals surface area contributed by atoms with Crippen LogP contribution in [0.1, 0.15) is 63.3 Å². The van der Waals surface area contributed by atoms with E-state index in [0.717, 1.165) is 11.7 Å². The van der Waals surface area contributed by atoms with E-state index in [-0.39, 0.29) is 0 Å². The predicted molar refractivity (Wildman–Crippen MR) is 113 cm³/mol. The summed E-state index contributed by atoms with van der Waals surface area (Å²) in [5.74, 6) is 1.25. The maximum Gasteiger partial charge on any atom is 0.190 e. The Balaban J connectivity index is 1.68. The number of thiophene rings is 1. The lowest BCUT2D eigenvalue weighted by molar-refractivity contribution is 0.136. The lowest BCUT2D eigenvalue weighted by Gasteiger charge is -2.39. The molecule has 2 unspecified atom stereocenters. The van der Waals surface area contributed by atoms with Crippen molar-refractivity contribution in [2.45, 2.75) is 76.9 Å². The van der Waals surface area contributed by atoms with Crippen LogP contribution in [0.4, 0.5) is 5.82 Å². The number of fused-ring (bicyclic) bond motifs is 5. The molecular formula is C21H29N3S2. The first-order valence-electron chi connectivity index (χ1n) is 10.0. The van der Waals surface area contributed by atoms with Gasteiger partial charge in [-0.1, -0.05) is 32.5 Å². The molecule has 2 aromatic rings. The van der Waals surface area contributed by atoms with Gasteiger partial charge in [-0.25, -0.2) is 9.97 Å².